The summed E-state index contributed by atoms with van der Waals surface area (Å²) in [6.45, 7) is -0.185. The lowest BCUT2D eigenvalue weighted by molar-refractivity contribution is -0.123. The highest BCUT2D eigenvalue weighted by Gasteiger charge is 2.21. The van der Waals surface area contributed by atoms with Gasteiger partial charge in [-0.15, -0.1) is 0 Å². The van der Waals surface area contributed by atoms with Crippen LogP contribution in [0.5, 0.6) is 0 Å². The van der Waals surface area contributed by atoms with E-state index in [0.717, 1.165) is 5.56 Å². The lowest BCUT2D eigenvalue weighted by atomic mass is 10.1. The Morgan fingerprint density at radius 1 is 1.40 bits per heavy atom. The predicted octanol–water partition coefficient (Wildman–Crippen LogP) is 0.270. The van der Waals surface area contributed by atoms with E-state index in [1.807, 2.05) is 30.3 Å². The highest BCUT2D eigenvalue weighted by molar-refractivity contribution is 5.83. The molecule has 0 aliphatic carbocycles. The van der Waals surface area contributed by atoms with Gasteiger partial charge >= 0.3 is 0 Å². The van der Waals surface area contributed by atoms with Gasteiger partial charge < -0.3 is 16.2 Å². The average Bonchev–Trinajstić information content (AvgIpc) is 2.91. The number of aliphatic hydroxyl groups excluding tert-OH is 1. The number of aryl methyl sites for hydroxylation is 1. The fourth-order valence-corrected chi connectivity index (χ4v) is 1.93. The van der Waals surface area contributed by atoms with E-state index in [1.165, 1.54) is 0 Å². The van der Waals surface area contributed by atoms with Crippen LogP contribution in [0.1, 0.15) is 23.2 Å². The fraction of sp³-hybridized carbons (Fsp3) is 0.286. The number of nitrogens with zero attached hydrogens (tertiary/aromatic N) is 2. The number of hydrogen-bond acceptors (Lipinski definition) is 4. The van der Waals surface area contributed by atoms with Crippen LogP contribution in [0.3, 0.4) is 0 Å². The Balaban J connectivity index is 2.06. The summed E-state index contributed by atoms with van der Waals surface area (Å²) >= 11 is 0. The van der Waals surface area contributed by atoms with Gasteiger partial charge in [-0.2, -0.15) is 5.10 Å². The number of benzene rings is 1. The Labute approximate surface area is 117 Å². The molecule has 1 aromatic carbocycles. The smallest absolute Gasteiger partial charge is 0.242 e. The zero-order valence-corrected chi connectivity index (χ0v) is 11.2. The van der Waals surface area contributed by atoms with Crippen molar-refractivity contribution >= 4 is 5.91 Å². The van der Waals surface area contributed by atoms with E-state index < -0.39 is 12.1 Å². The van der Waals surface area contributed by atoms with E-state index in [4.69, 9.17) is 5.73 Å². The van der Waals surface area contributed by atoms with Crippen LogP contribution in [-0.2, 0) is 11.8 Å². The predicted molar refractivity (Wildman–Crippen MR) is 74.5 cm³/mol. The van der Waals surface area contributed by atoms with Gasteiger partial charge in [0.05, 0.1) is 18.8 Å². The van der Waals surface area contributed by atoms with Crippen LogP contribution in [0.2, 0.25) is 0 Å². The zero-order chi connectivity index (χ0) is 14.5. The van der Waals surface area contributed by atoms with E-state index in [0.29, 0.717) is 5.56 Å². The lowest BCUT2D eigenvalue weighted by Gasteiger charge is -2.19. The molecular weight excluding hydrogens is 256 g/mol. The molecule has 106 valence electrons. The normalized spacial score (nSPS) is 13.8. The second-order valence-corrected chi connectivity index (χ2v) is 4.58. The van der Waals surface area contributed by atoms with Gasteiger partial charge in [0, 0.05) is 18.8 Å². The van der Waals surface area contributed by atoms with Crippen molar-refractivity contribution in [1.29, 1.82) is 0 Å². The molecule has 0 radical (unpaired) electrons. The van der Waals surface area contributed by atoms with Crippen molar-refractivity contribution in [2.75, 3.05) is 6.61 Å². The molecule has 20 heavy (non-hydrogen) atoms. The summed E-state index contributed by atoms with van der Waals surface area (Å²) < 4.78 is 1.59. The minimum atomic E-state index is -0.804. The van der Waals surface area contributed by atoms with Gasteiger partial charge in [-0.3, -0.25) is 9.48 Å². The molecule has 0 bridgehead atoms. The Hall–Kier alpha value is -2.18. The summed E-state index contributed by atoms with van der Waals surface area (Å²) in [4.78, 5) is 12.1. The van der Waals surface area contributed by atoms with Crippen LogP contribution >= 0.6 is 0 Å². The molecule has 6 nitrogen and oxygen atoms in total. The molecule has 1 unspecified atom stereocenters. The summed E-state index contributed by atoms with van der Waals surface area (Å²) in [5.41, 5.74) is 7.35. The quantitative estimate of drug-likeness (QED) is 0.729. The van der Waals surface area contributed by atoms with Crippen molar-refractivity contribution in [3.05, 3.63) is 53.9 Å². The molecule has 0 aliphatic rings. The number of amides is 1. The topological polar surface area (TPSA) is 93.2 Å². The number of nitrogens with two attached hydrogens (primary N) is 1. The summed E-state index contributed by atoms with van der Waals surface area (Å²) in [6, 6.07) is 8.00. The van der Waals surface area contributed by atoms with E-state index in [9.17, 15) is 9.90 Å². The van der Waals surface area contributed by atoms with Gasteiger partial charge in [0.2, 0.25) is 5.91 Å². The SMILES string of the molecule is Cn1cc(C(N)C(=O)N[C@H](CO)c2ccccc2)cn1. The summed E-state index contributed by atoms with van der Waals surface area (Å²) in [7, 11) is 1.76. The van der Waals surface area contributed by atoms with Crippen molar-refractivity contribution in [3.8, 4) is 0 Å². The van der Waals surface area contributed by atoms with Crippen LogP contribution < -0.4 is 11.1 Å². The third-order valence-corrected chi connectivity index (χ3v) is 3.07. The maximum Gasteiger partial charge on any atom is 0.242 e. The minimum Gasteiger partial charge on any atom is -0.394 e. The first-order valence-corrected chi connectivity index (χ1v) is 6.32. The first kappa shape index (κ1) is 14.2. The summed E-state index contributed by atoms with van der Waals surface area (Å²) in [5.74, 6) is -0.346. The van der Waals surface area contributed by atoms with Crippen molar-refractivity contribution < 1.29 is 9.90 Å². The van der Waals surface area contributed by atoms with Crippen LogP contribution in [0.25, 0.3) is 0 Å². The Kier molecular flexibility index (Phi) is 4.49. The molecule has 0 saturated heterocycles. The molecule has 0 aliphatic heterocycles. The Morgan fingerprint density at radius 3 is 2.65 bits per heavy atom. The molecule has 6 heteroatoms. The second kappa shape index (κ2) is 6.31. The number of hydrogen-bond donors (Lipinski definition) is 3. The molecule has 0 saturated carbocycles. The standard InChI is InChI=1S/C14H18N4O2/c1-18-8-11(7-16-18)13(15)14(20)17-12(9-19)10-5-3-2-4-6-10/h2-8,12-13,19H,9,15H2,1H3,(H,17,20)/t12-,13?/m1/s1. The van der Waals surface area contributed by atoms with E-state index in [-0.39, 0.29) is 12.5 Å². The van der Waals surface area contributed by atoms with Gasteiger partial charge in [0.15, 0.2) is 0 Å². The molecule has 0 fully saturated rings. The van der Waals surface area contributed by atoms with Crippen molar-refractivity contribution in [2.45, 2.75) is 12.1 Å². The lowest BCUT2D eigenvalue weighted by Crippen LogP contribution is -2.37. The van der Waals surface area contributed by atoms with E-state index >= 15 is 0 Å². The molecule has 2 aromatic rings. The first-order valence-electron chi connectivity index (χ1n) is 6.32. The molecule has 4 N–H and O–H groups in total. The largest absolute Gasteiger partial charge is 0.394 e. The maximum absolute atomic E-state index is 12.1. The van der Waals surface area contributed by atoms with Crippen molar-refractivity contribution in [3.63, 3.8) is 0 Å². The van der Waals surface area contributed by atoms with Gasteiger partial charge in [-0.05, 0) is 5.56 Å². The third kappa shape index (κ3) is 3.23. The van der Waals surface area contributed by atoms with E-state index in [1.54, 1.807) is 24.1 Å². The van der Waals surface area contributed by atoms with Crippen LogP contribution in [0.4, 0.5) is 0 Å². The van der Waals surface area contributed by atoms with Crippen molar-refractivity contribution in [1.82, 2.24) is 15.1 Å². The number of carbonyl (C=O) groups is 1. The van der Waals surface area contributed by atoms with Gasteiger partial charge in [-0.1, -0.05) is 30.3 Å². The van der Waals surface area contributed by atoms with Crippen LogP contribution in [0.15, 0.2) is 42.7 Å². The molecule has 1 amide bonds. The van der Waals surface area contributed by atoms with Gasteiger partial charge in [0.25, 0.3) is 0 Å². The average molecular weight is 274 g/mol. The molecule has 2 rings (SSSR count). The number of aromatic nitrogens is 2. The number of rotatable bonds is 5. The summed E-state index contributed by atoms with van der Waals surface area (Å²) in [5, 5.41) is 16.1. The summed E-state index contributed by atoms with van der Waals surface area (Å²) in [6.07, 6.45) is 3.25. The monoisotopic (exact) mass is 274 g/mol. The molecular formula is C14H18N4O2. The van der Waals surface area contributed by atoms with E-state index in [2.05, 4.69) is 10.4 Å². The van der Waals surface area contributed by atoms with Gasteiger partial charge in [0.1, 0.15) is 6.04 Å². The Bertz CT molecular complexity index is 568. The molecule has 1 heterocycles. The molecule has 2 atom stereocenters. The fourth-order valence-electron chi connectivity index (χ4n) is 1.93. The maximum atomic E-state index is 12.1. The Morgan fingerprint density at radius 2 is 2.10 bits per heavy atom. The number of carbonyl (C=O) groups excluding carboxylic acids is 1. The first-order chi connectivity index (χ1) is 9.61. The second-order valence-electron chi connectivity index (χ2n) is 4.58. The zero-order valence-electron chi connectivity index (χ0n) is 11.2. The molecule has 0 spiro atoms. The van der Waals surface area contributed by atoms with Crippen molar-refractivity contribution in [2.24, 2.45) is 12.8 Å². The number of aliphatic hydroxyl groups is 1. The minimum absolute atomic E-state index is 0.185. The third-order valence-electron chi connectivity index (χ3n) is 3.07. The van der Waals surface area contributed by atoms with Gasteiger partial charge in [-0.25, -0.2) is 0 Å². The molecule has 1 aromatic heterocycles. The highest BCUT2D eigenvalue weighted by atomic mass is 16.3. The van der Waals surface area contributed by atoms with Crippen LogP contribution in [0, 0.1) is 0 Å². The highest BCUT2D eigenvalue weighted by Crippen LogP contribution is 2.14. The van der Waals surface area contributed by atoms with Crippen LogP contribution in [-0.4, -0.2) is 27.4 Å². The number of nitrogens with one attached hydrogen (secondary N) is 1.